The molecule has 0 atom stereocenters. The highest BCUT2D eigenvalue weighted by Gasteiger charge is 2.28. The third-order valence-corrected chi connectivity index (χ3v) is 3.82. The van der Waals surface area contributed by atoms with E-state index in [4.69, 9.17) is 21.1 Å². The zero-order chi connectivity index (χ0) is 18.9. The Labute approximate surface area is 158 Å². The summed E-state index contributed by atoms with van der Waals surface area (Å²) in [6.07, 6.45) is 1.24. The summed E-state index contributed by atoms with van der Waals surface area (Å²) in [6, 6.07) is 5.49. The Morgan fingerprint density at radius 2 is 2.19 bits per heavy atom. The van der Waals surface area contributed by atoms with Crippen molar-refractivity contribution in [3.63, 3.8) is 0 Å². The zero-order valence-electron chi connectivity index (χ0n) is 15.2. The third kappa shape index (κ3) is 4.19. The van der Waals surface area contributed by atoms with Gasteiger partial charge in [-0.05, 0) is 56.0 Å². The van der Waals surface area contributed by atoms with Gasteiger partial charge in [-0.1, -0.05) is 0 Å². The number of halogens is 1. The number of carbonyl (C=O) groups is 1. The normalized spacial score (nSPS) is 13.6. The Morgan fingerprint density at radius 3 is 2.92 bits per heavy atom. The van der Waals surface area contributed by atoms with Gasteiger partial charge < -0.3 is 14.8 Å². The van der Waals surface area contributed by atoms with E-state index in [1.165, 1.54) is 0 Å². The van der Waals surface area contributed by atoms with Crippen LogP contribution in [0.4, 0.5) is 22.0 Å². The number of nitrogens with zero attached hydrogens (tertiary/aromatic N) is 3. The van der Waals surface area contributed by atoms with Gasteiger partial charge in [0.2, 0.25) is 5.28 Å². The minimum atomic E-state index is -0.569. The smallest absolute Gasteiger partial charge is 0.415 e. The molecule has 7 nitrogen and oxygen atoms in total. The van der Waals surface area contributed by atoms with Gasteiger partial charge in [0.1, 0.15) is 31.6 Å². The lowest BCUT2D eigenvalue weighted by molar-refractivity contribution is 0.0568. The van der Waals surface area contributed by atoms with Crippen LogP contribution in [0.3, 0.4) is 0 Å². The van der Waals surface area contributed by atoms with Crippen molar-refractivity contribution < 1.29 is 14.3 Å². The van der Waals surface area contributed by atoms with E-state index in [0.29, 0.717) is 30.4 Å². The summed E-state index contributed by atoms with van der Waals surface area (Å²) in [5, 5.41) is 3.36. The number of anilines is 3. The minimum absolute atomic E-state index is 0.162. The number of fused-ring (bicyclic) bond motifs is 1. The van der Waals surface area contributed by atoms with Crippen LogP contribution in [-0.2, 0) is 4.74 Å². The van der Waals surface area contributed by atoms with Crippen LogP contribution in [0.2, 0.25) is 5.28 Å². The number of amides is 1. The Morgan fingerprint density at radius 1 is 1.42 bits per heavy atom. The Balaban J connectivity index is 1.89. The lowest BCUT2D eigenvalue weighted by Crippen LogP contribution is -2.41. The van der Waals surface area contributed by atoms with Gasteiger partial charge in [-0.25, -0.2) is 14.8 Å². The quantitative estimate of drug-likeness (QED) is 0.642. The maximum Gasteiger partial charge on any atom is 0.415 e. The fraction of sp³-hybridized carbons (Fsp3) is 0.353. The van der Waals surface area contributed by atoms with Gasteiger partial charge in [0, 0.05) is 11.9 Å². The van der Waals surface area contributed by atoms with Gasteiger partial charge >= 0.3 is 6.09 Å². The fourth-order valence-electron chi connectivity index (χ4n) is 2.49. The Kier molecular flexibility index (Phi) is 4.95. The lowest BCUT2D eigenvalue weighted by atomic mass is 9.99. The lowest BCUT2D eigenvalue weighted by Gasteiger charge is -2.32. The molecule has 0 radical (unpaired) electrons. The largest absolute Gasteiger partial charge is 0.490 e. The van der Waals surface area contributed by atoms with Crippen LogP contribution in [-0.4, -0.2) is 42.7 Å². The van der Waals surface area contributed by atoms with Crippen molar-refractivity contribution in [1.82, 2.24) is 9.97 Å². The number of benzene rings is 1. The second-order valence-electron chi connectivity index (χ2n) is 6.96. The molecule has 1 aliphatic rings. The highest BCUT2D eigenvalue weighted by atomic mass is 35.5. The third-order valence-electron chi connectivity index (χ3n) is 3.64. The van der Waals surface area contributed by atoms with Crippen molar-refractivity contribution in [2.45, 2.75) is 26.4 Å². The second-order valence-corrected chi connectivity index (χ2v) is 7.30. The predicted octanol–water partition coefficient (Wildman–Crippen LogP) is 2.27. The van der Waals surface area contributed by atoms with E-state index >= 15 is 0 Å². The first kappa shape index (κ1) is 18.3. The molecule has 0 saturated carbocycles. The van der Waals surface area contributed by atoms with Crippen molar-refractivity contribution in [3.05, 3.63) is 29.7 Å². The summed E-state index contributed by atoms with van der Waals surface area (Å²) >= 11 is 5.87. The summed E-state index contributed by atoms with van der Waals surface area (Å²) in [5.41, 5.74) is 1.68. The molecule has 9 heteroatoms. The summed E-state index contributed by atoms with van der Waals surface area (Å²) in [7, 11) is 1.88. The molecule has 0 spiro atoms. The van der Waals surface area contributed by atoms with Gasteiger partial charge in [0.25, 0.3) is 0 Å². The van der Waals surface area contributed by atoms with Gasteiger partial charge in [-0.2, -0.15) is 0 Å². The molecule has 1 N–H and O–H groups in total. The molecular formula is C17H20BClN4O3. The van der Waals surface area contributed by atoms with E-state index in [2.05, 4.69) is 15.3 Å². The molecule has 26 heavy (non-hydrogen) atoms. The number of carbonyl (C=O) groups excluding carboxylic acids is 1. The number of hydrogen-bond donors (Lipinski definition) is 1. The molecule has 2 aromatic rings. The van der Waals surface area contributed by atoms with Crippen LogP contribution < -0.4 is 20.4 Å². The topological polar surface area (TPSA) is 76.6 Å². The molecule has 1 aromatic heterocycles. The van der Waals surface area contributed by atoms with Crippen molar-refractivity contribution in [2.75, 3.05) is 23.4 Å². The first-order chi connectivity index (χ1) is 12.2. The maximum atomic E-state index is 12.5. The molecule has 2 heterocycles. The average molecular weight is 375 g/mol. The van der Waals surface area contributed by atoms with Crippen molar-refractivity contribution >= 4 is 48.2 Å². The van der Waals surface area contributed by atoms with Crippen LogP contribution in [0.25, 0.3) is 0 Å². The van der Waals surface area contributed by atoms with Crippen LogP contribution in [0.15, 0.2) is 24.4 Å². The maximum absolute atomic E-state index is 12.5. The molecule has 3 rings (SSSR count). The first-order valence-electron chi connectivity index (χ1n) is 8.26. The molecular weight excluding hydrogens is 354 g/mol. The highest BCUT2D eigenvalue weighted by Crippen LogP contribution is 2.35. The molecule has 0 saturated heterocycles. The molecule has 1 aliphatic heterocycles. The molecule has 1 amide bonds. The monoisotopic (exact) mass is 374 g/mol. The SMILES string of the molecule is Bc1cnc(Cl)nc1Nc1ccc2c(c1)N(C(=O)OC(C)(C)C)CCO2. The summed E-state index contributed by atoms with van der Waals surface area (Å²) < 4.78 is 11.2. The van der Waals surface area contributed by atoms with Crippen LogP contribution in [0.1, 0.15) is 20.8 Å². The second kappa shape index (κ2) is 7.03. The molecule has 0 unspecified atom stereocenters. The van der Waals surface area contributed by atoms with E-state index in [1.54, 1.807) is 11.1 Å². The first-order valence-corrected chi connectivity index (χ1v) is 8.64. The molecule has 0 bridgehead atoms. The summed E-state index contributed by atoms with van der Waals surface area (Å²) in [4.78, 5) is 22.2. The van der Waals surface area contributed by atoms with Crippen LogP contribution in [0.5, 0.6) is 5.75 Å². The molecule has 1 aromatic carbocycles. The van der Waals surface area contributed by atoms with E-state index < -0.39 is 11.7 Å². The number of hydrogen-bond acceptors (Lipinski definition) is 6. The Bertz CT molecular complexity index is 841. The van der Waals surface area contributed by atoms with E-state index in [0.717, 1.165) is 11.2 Å². The van der Waals surface area contributed by atoms with Crippen molar-refractivity contribution in [1.29, 1.82) is 0 Å². The average Bonchev–Trinajstić information content (AvgIpc) is 2.56. The van der Waals surface area contributed by atoms with E-state index in [-0.39, 0.29) is 5.28 Å². The number of rotatable bonds is 2. The van der Waals surface area contributed by atoms with Gasteiger partial charge in [-0.3, -0.25) is 4.90 Å². The summed E-state index contributed by atoms with van der Waals surface area (Å²) in [5.74, 6) is 1.23. The minimum Gasteiger partial charge on any atom is -0.490 e. The van der Waals surface area contributed by atoms with Crippen LogP contribution >= 0.6 is 11.6 Å². The molecule has 0 aliphatic carbocycles. The van der Waals surface area contributed by atoms with Crippen LogP contribution in [0, 0.1) is 0 Å². The van der Waals surface area contributed by atoms with Gasteiger partial charge in [0.05, 0.1) is 12.2 Å². The van der Waals surface area contributed by atoms with Gasteiger partial charge in [0.15, 0.2) is 0 Å². The number of ether oxygens (including phenoxy) is 2. The zero-order valence-corrected chi connectivity index (χ0v) is 15.9. The molecule has 136 valence electrons. The predicted molar refractivity (Wildman–Crippen MR) is 104 cm³/mol. The van der Waals surface area contributed by atoms with Crippen molar-refractivity contribution in [3.8, 4) is 5.75 Å². The standard InChI is InChI=1S/C17H20BClN4O3/c1-17(2,3)26-16(24)23-6-7-25-13-5-4-10(8-12(13)23)21-14-11(18)9-20-15(19)22-14/h4-5,8-9H,6-7,18H2,1-3H3,(H,20,21,22). The fourth-order valence-corrected chi connectivity index (χ4v) is 2.62. The van der Waals surface area contributed by atoms with E-state index in [1.807, 2.05) is 46.8 Å². The van der Waals surface area contributed by atoms with Gasteiger partial charge in [-0.15, -0.1) is 0 Å². The molecule has 0 fully saturated rings. The number of aromatic nitrogens is 2. The van der Waals surface area contributed by atoms with Crippen molar-refractivity contribution in [2.24, 2.45) is 0 Å². The number of nitrogens with one attached hydrogen (secondary N) is 1. The van der Waals surface area contributed by atoms with E-state index in [9.17, 15) is 4.79 Å². The highest BCUT2D eigenvalue weighted by molar-refractivity contribution is 6.36. The Hall–Kier alpha value is -2.48. The summed E-state index contributed by atoms with van der Waals surface area (Å²) in [6.45, 7) is 6.35.